The zero-order chi connectivity index (χ0) is 18.5. The second kappa shape index (κ2) is 9.01. The van der Waals surface area contributed by atoms with Gasteiger partial charge in [0.05, 0.1) is 24.4 Å². The summed E-state index contributed by atoms with van der Waals surface area (Å²) in [6.45, 7) is 0.868. The van der Waals surface area contributed by atoms with Gasteiger partial charge in [0, 0.05) is 20.2 Å². The molecule has 142 valence electrons. The lowest BCUT2D eigenvalue weighted by Gasteiger charge is -2.31. The Labute approximate surface area is 161 Å². The zero-order valence-corrected chi connectivity index (χ0v) is 16.9. The third-order valence-electron chi connectivity index (χ3n) is 4.89. The summed E-state index contributed by atoms with van der Waals surface area (Å²) in [7, 11) is 3.50. The van der Waals surface area contributed by atoms with E-state index in [1.54, 1.807) is 11.7 Å². The molecular weight excluding hydrogens is 370 g/mol. The summed E-state index contributed by atoms with van der Waals surface area (Å²) in [5, 5.41) is 2.46. The monoisotopic (exact) mass is 395 g/mol. The molecule has 3 rings (SSSR count). The molecule has 6 nitrogen and oxygen atoms in total. The van der Waals surface area contributed by atoms with Gasteiger partial charge in [-0.3, -0.25) is 14.2 Å². The number of nitrogens with zero attached hydrogens (tertiary/aromatic N) is 3. The Hall–Kier alpha value is -1.38. The fraction of sp³-hybridized carbons (Fsp3) is 0.611. The molecule has 1 saturated carbocycles. The molecule has 0 saturated heterocycles. The van der Waals surface area contributed by atoms with E-state index in [-0.39, 0.29) is 11.5 Å². The molecule has 0 spiro atoms. The molecule has 8 heteroatoms. The molecule has 0 aromatic carbocycles. The van der Waals surface area contributed by atoms with Crippen molar-refractivity contribution in [2.45, 2.75) is 49.8 Å². The van der Waals surface area contributed by atoms with Gasteiger partial charge in [-0.2, -0.15) is 0 Å². The number of carbonyl (C=O) groups is 1. The number of thioether (sulfide) groups is 1. The van der Waals surface area contributed by atoms with Crippen LogP contribution in [0.5, 0.6) is 0 Å². The van der Waals surface area contributed by atoms with E-state index in [0.29, 0.717) is 40.3 Å². The van der Waals surface area contributed by atoms with Crippen molar-refractivity contribution in [1.82, 2.24) is 14.5 Å². The van der Waals surface area contributed by atoms with E-state index in [1.165, 1.54) is 42.4 Å². The van der Waals surface area contributed by atoms with Crippen LogP contribution in [-0.4, -0.2) is 52.9 Å². The minimum Gasteiger partial charge on any atom is -0.383 e. The van der Waals surface area contributed by atoms with Crippen molar-refractivity contribution >= 4 is 39.2 Å². The number of carbonyl (C=O) groups excluding carboxylic acids is 1. The number of ether oxygens (including phenoxy) is 1. The van der Waals surface area contributed by atoms with E-state index in [2.05, 4.69) is 4.98 Å². The zero-order valence-electron chi connectivity index (χ0n) is 15.3. The van der Waals surface area contributed by atoms with Crippen molar-refractivity contribution in [1.29, 1.82) is 0 Å². The van der Waals surface area contributed by atoms with Crippen molar-refractivity contribution in [2.75, 3.05) is 26.5 Å². The maximum Gasteiger partial charge on any atom is 0.272 e. The van der Waals surface area contributed by atoms with Crippen LogP contribution < -0.4 is 5.56 Å². The van der Waals surface area contributed by atoms with Crippen LogP contribution in [0, 0.1) is 0 Å². The molecule has 2 heterocycles. The van der Waals surface area contributed by atoms with Gasteiger partial charge in [0.15, 0.2) is 5.16 Å². The van der Waals surface area contributed by atoms with E-state index in [1.807, 2.05) is 23.4 Å². The lowest BCUT2D eigenvalue weighted by molar-refractivity contribution is -0.129. The molecule has 0 unspecified atom stereocenters. The number of amides is 1. The van der Waals surface area contributed by atoms with Gasteiger partial charge in [-0.05, 0) is 24.3 Å². The number of fused-ring (bicyclic) bond motifs is 1. The summed E-state index contributed by atoms with van der Waals surface area (Å²) >= 11 is 2.74. The van der Waals surface area contributed by atoms with Crippen LogP contribution in [0.15, 0.2) is 21.4 Å². The molecule has 0 N–H and O–H groups in total. The second-order valence-corrected chi connectivity index (χ2v) is 8.42. The number of hydrogen-bond acceptors (Lipinski definition) is 6. The molecular formula is C18H25N3O3S2. The quantitative estimate of drug-likeness (QED) is 0.533. The number of methoxy groups -OCH3 is 1. The van der Waals surface area contributed by atoms with E-state index in [4.69, 9.17) is 4.74 Å². The van der Waals surface area contributed by atoms with Crippen LogP contribution in [0.3, 0.4) is 0 Å². The molecule has 2 aromatic heterocycles. The second-order valence-electron chi connectivity index (χ2n) is 6.56. The van der Waals surface area contributed by atoms with Crippen LogP contribution in [0.25, 0.3) is 10.2 Å². The predicted molar refractivity (Wildman–Crippen MR) is 106 cm³/mol. The smallest absolute Gasteiger partial charge is 0.272 e. The SMILES string of the molecule is COCCn1c(SCC(=O)N(C)C2CCCCC2)nc2ccsc2c1=O. The number of thiophene rings is 1. The van der Waals surface area contributed by atoms with E-state index in [0.717, 1.165) is 12.8 Å². The molecule has 1 fully saturated rings. The number of hydrogen-bond donors (Lipinski definition) is 0. The molecule has 0 aliphatic heterocycles. The van der Waals surface area contributed by atoms with Crippen molar-refractivity contribution in [3.8, 4) is 0 Å². The topological polar surface area (TPSA) is 64.4 Å². The van der Waals surface area contributed by atoms with E-state index >= 15 is 0 Å². The number of aromatic nitrogens is 2. The van der Waals surface area contributed by atoms with Crippen LogP contribution in [-0.2, 0) is 16.1 Å². The summed E-state index contributed by atoms with van der Waals surface area (Å²) < 4.78 is 7.40. The molecule has 0 atom stereocenters. The van der Waals surface area contributed by atoms with Crippen LogP contribution in [0.1, 0.15) is 32.1 Å². The molecule has 1 amide bonds. The van der Waals surface area contributed by atoms with Gasteiger partial charge >= 0.3 is 0 Å². The molecule has 2 aromatic rings. The lowest BCUT2D eigenvalue weighted by Crippen LogP contribution is -2.39. The van der Waals surface area contributed by atoms with Gasteiger partial charge in [-0.25, -0.2) is 4.98 Å². The Bertz CT molecular complexity index is 812. The van der Waals surface area contributed by atoms with Gasteiger partial charge in [0.25, 0.3) is 5.56 Å². The summed E-state index contributed by atoms with van der Waals surface area (Å²) in [4.78, 5) is 31.8. The van der Waals surface area contributed by atoms with Gasteiger partial charge < -0.3 is 9.64 Å². The van der Waals surface area contributed by atoms with Crippen molar-refractivity contribution < 1.29 is 9.53 Å². The fourth-order valence-electron chi connectivity index (χ4n) is 3.31. The molecule has 26 heavy (non-hydrogen) atoms. The summed E-state index contributed by atoms with van der Waals surface area (Å²) in [5.74, 6) is 0.391. The third kappa shape index (κ3) is 4.29. The van der Waals surface area contributed by atoms with Gasteiger partial charge in [0.2, 0.25) is 5.91 Å². The van der Waals surface area contributed by atoms with Crippen LogP contribution in [0.4, 0.5) is 0 Å². The first-order chi connectivity index (χ1) is 12.6. The molecule has 0 bridgehead atoms. The van der Waals surface area contributed by atoms with Crippen LogP contribution in [0.2, 0.25) is 0 Å². The standard InChI is InChI=1S/C18H25N3O3S2/c1-20(13-6-4-3-5-7-13)15(22)12-26-18-19-14-8-11-25-16(14)17(23)21(18)9-10-24-2/h8,11,13H,3-7,9-10,12H2,1-2H3. The largest absolute Gasteiger partial charge is 0.383 e. The van der Waals surface area contributed by atoms with Crippen LogP contribution >= 0.6 is 23.1 Å². The van der Waals surface area contributed by atoms with Gasteiger partial charge in [0.1, 0.15) is 4.70 Å². The Morgan fingerprint density at radius 3 is 2.92 bits per heavy atom. The van der Waals surface area contributed by atoms with E-state index < -0.39 is 0 Å². The Morgan fingerprint density at radius 2 is 2.19 bits per heavy atom. The molecule has 1 aliphatic carbocycles. The maximum absolute atomic E-state index is 12.7. The van der Waals surface area contributed by atoms with Gasteiger partial charge in [-0.15, -0.1) is 11.3 Å². The normalized spacial score (nSPS) is 15.5. The highest BCUT2D eigenvalue weighted by Crippen LogP contribution is 2.24. The minimum atomic E-state index is -0.0577. The highest BCUT2D eigenvalue weighted by atomic mass is 32.2. The first-order valence-corrected chi connectivity index (χ1v) is 10.8. The summed E-state index contributed by atoms with van der Waals surface area (Å²) in [6, 6.07) is 2.20. The first kappa shape index (κ1) is 19.4. The highest BCUT2D eigenvalue weighted by Gasteiger charge is 2.22. The van der Waals surface area contributed by atoms with Crippen molar-refractivity contribution in [3.63, 3.8) is 0 Å². The average molecular weight is 396 g/mol. The Morgan fingerprint density at radius 1 is 1.42 bits per heavy atom. The van der Waals surface area contributed by atoms with Crippen molar-refractivity contribution in [3.05, 3.63) is 21.8 Å². The average Bonchev–Trinajstić information content (AvgIpc) is 3.14. The first-order valence-electron chi connectivity index (χ1n) is 8.97. The summed E-state index contributed by atoms with van der Waals surface area (Å²) in [6.07, 6.45) is 5.84. The predicted octanol–water partition coefficient (Wildman–Crippen LogP) is 2.99. The Kier molecular flexibility index (Phi) is 6.72. The Balaban J connectivity index is 1.74. The lowest BCUT2D eigenvalue weighted by atomic mass is 9.94. The highest BCUT2D eigenvalue weighted by molar-refractivity contribution is 7.99. The maximum atomic E-state index is 12.7. The fourth-order valence-corrected chi connectivity index (χ4v) is 5.04. The van der Waals surface area contributed by atoms with Gasteiger partial charge in [-0.1, -0.05) is 31.0 Å². The third-order valence-corrected chi connectivity index (χ3v) is 6.74. The van der Waals surface area contributed by atoms with Crippen molar-refractivity contribution in [2.24, 2.45) is 0 Å². The molecule has 0 radical (unpaired) electrons. The summed E-state index contributed by atoms with van der Waals surface area (Å²) in [5.41, 5.74) is 0.641. The number of rotatable bonds is 7. The molecule has 1 aliphatic rings. The minimum absolute atomic E-state index is 0.0577. The van der Waals surface area contributed by atoms with E-state index in [9.17, 15) is 9.59 Å².